The smallest absolute Gasteiger partial charge is 0.315 e. The lowest BCUT2D eigenvalue weighted by atomic mass is 10.1. The first kappa shape index (κ1) is 15.8. The molecule has 0 aliphatic carbocycles. The van der Waals surface area contributed by atoms with Gasteiger partial charge in [0.1, 0.15) is 5.01 Å². The van der Waals surface area contributed by atoms with Gasteiger partial charge in [0, 0.05) is 11.6 Å². The van der Waals surface area contributed by atoms with Crippen molar-refractivity contribution in [3.05, 3.63) is 64.1 Å². The quantitative estimate of drug-likeness (QED) is 0.734. The molecule has 23 heavy (non-hydrogen) atoms. The van der Waals surface area contributed by atoms with Crippen molar-refractivity contribution in [2.45, 2.75) is 13.0 Å². The van der Waals surface area contributed by atoms with Gasteiger partial charge in [-0.15, -0.1) is 11.3 Å². The highest BCUT2D eigenvalue weighted by molar-refractivity contribution is 7.18. The van der Waals surface area contributed by atoms with Crippen molar-refractivity contribution in [1.29, 1.82) is 0 Å². The Morgan fingerprint density at radius 3 is 2.83 bits per heavy atom. The molecule has 6 heteroatoms. The highest BCUT2D eigenvalue weighted by Gasteiger charge is 2.05. The number of hydrogen-bond donors (Lipinski definition) is 2. The lowest BCUT2D eigenvalue weighted by molar-refractivity contribution is 0.240. The van der Waals surface area contributed by atoms with Gasteiger partial charge in [-0.25, -0.2) is 9.78 Å². The molecular formula is C17H16ClN3OS. The molecule has 0 spiro atoms. The molecule has 0 radical (unpaired) electrons. The maximum atomic E-state index is 11.8. The van der Waals surface area contributed by atoms with E-state index in [-0.39, 0.29) is 6.03 Å². The summed E-state index contributed by atoms with van der Waals surface area (Å²) in [5, 5.41) is 7.28. The van der Waals surface area contributed by atoms with E-state index in [4.69, 9.17) is 11.6 Å². The molecule has 2 aromatic carbocycles. The van der Waals surface area contributed by atoms with Crippen LogP contribution in [0, 0.1) is 0 Å². The number of carbonyl (C=O) groups excluding carboxylic acids is 1. The standard InChI is InChI=1S/C17H16ClN3OS/c18-13-5-3-4-12(10-13)8-9-19-17(22)20-11-16-21-14-6-1-2-7-15(14)23-16/h1-7,10H,8-9,11H2,(H2,19,20,22). The monoisotopic (exact) mass is 345 g/mol. The van der Waals surface area contributed by atoms with Crippen LogP contribution in [0.5, 0.6) is 0 Å². The fraction of sp³-hybridized carbons (Fsp3) is 0.176. The van der Waals surface area contributed by atoms with Crippen LogP contribution in [0.1, 0.15) is 10.6 Å². The van der Waals surface area contributed by atoms with Gasteiger partial charge in [0.25, 0.3) is 0 Å². The maximum Gasteiger partial charge on any atom is 0.315 e. The summed E-state index contributed by atoms with van der Waals surface area (Å²) < 4.78 is 1.13. The minimum atomic E-state index is -0.189. The van der Waals surface area contributed by atoms with E-state index in [1.54, 1.807) is 11.3 Å². The van der Waals surface area contributed by atoms with Crippen molar-refractivity contribution >= 4 is 39.2 Å². The lowest BCUT2D eigenvalue weighted by Gasteiger charge is -2.06. The van der Waals surface area contributed by atoms with E-state index in [2.05, 4.69) is 15.6 Å². The molecule has 1 aromatic heterocycles. The van der Waals surface area contributed by atoms with Crippen LogP contribution in [-0.4, -0.2) is 17.6 Å². The molecular weight excluding hydrogens is 330 g/mol. The average Bonchev–Trinajstić information content (AvgIpc) is 2.96. The molecule has 0 fully saturated rings. The van der Waals surface area contributed by atoms with Crippen molar-refractivity contribution in [2.24, 2.45) is 0 Å². The molecule has 0 aliphatic heterocycles. The molecule has 0 saturated heterocycles. The first-order chi connectivity index (χ1) is 11.2. The summed E-state index contributed by atoms with van der Waals surface area (Å²) in [6.45, 7) is 0.994. The van der Waals surface area contributed by atoms with E-state index in [9.17, 15) is 4.79 Å². The molecule has 3 aromatic rings. The number of aromatic nitrogens is 1. The van der Waals surface area contributed by atoms with Crippen LogP contribution in [0.25, 0.3) is 10.2 Å². The number of thiazole rings is 1. The lowest BCUT2D eigenvalue weighted by Crippen LogP contribution is -2.36. The molecule has 0 bridgehead atoms. The Hall–Kier alpha value is -2.11. The average molecular weight is 346 g/mol. The van der Waals surface area contributed by atoms with E-state index in [1.165, 1.54) is 0 Å². The summed E-state index contributed by atoms with van der Waals surface area (Å²) in [6, 6.07) is 15.4. The Balaban J connectivity index is 1.44. The number of hydrogen-bond acceptors (Lipinski definition) is 3. The van der Waals surface area contributed by atoms with Crippen molar-refractivity contribution in [2.75, 3.05) is 6.54 Å². The van der Waals surface area contributed by atoms with Crippen LogP contribution in [0.2, 0.25) is 5.02 Å². The first-order valence-corrected chi connectivity index (χ1v) is 8.51. The molecule has 2 N–H and O–H groups in total. The highest BCUT2D eigenvalue weighted by Crippen LogP contribution is 2.21. The normalized spacial score (nSPS) is 10.7. The van der Waals surface area contributed by atoms with E-state index in [0.29, 0.717) is 18.1 Å². The van der Waals surface area contributed by atoms with Crippen LogP contribution >= 0.6 is 22.9 Å². The fourth-order valence-corrected chi connectivity index (χ4v) is 3.35. The SMILES string of the molecule is O=C(NCCc1cccc(Cl)c1)NCc1nc2ccccc2s1. The second-order valence-corrected chi connectivity index (χ2v) is 6.62. The highest BCUT2D eigenvalue weighted by atomic mass is 35.5. The Morgan fingerprint density at radius 1 is 1.13 bits per heavy atom. The van der Waals surface area contributed by atoms with Crippen LogP contribution in [0.4, 0.5) is 4.79 Å². The van der Waals surface area contributed by atoms with Gasteiger partial charge in [0.05, 0.1) is 16.8 Å². The predicted molar refractivity (Wildman–Crippen MR) is 95.0 cm³/mol. The Kier molecular flexibility index (Phi) is 5.10. The van der Waals surface area contributed by atoms with Crippen LogP contribution in [0.3, 0.4) is 0 Å². The van der Waals surface area contributed by atoms with Gasteiger partial charge < -0.3 is 10.6 Å². The number of para-hydroxylation sites is 1. The Morgan fingerprint density at radius 2 is 2.00 bits per heavy atom. The van der Waals surface area contributed by atoms with Gasteiger partial charge in [0.15, 0.2) is 0 Å². The second kappa shape index (κ2) is 7.44. The topological polar surface area (TPSA) is 54.0 Å². The second-order valence-electron chi connectivity index (χ2n) is 5.06. The molecule has 4 nitrogen and oxygen atoms in total. The molecule has 2 amide bonds. The minimum Gasteiger partial charge on any atom is -0.338 e. The Bertz CT molecular complexity index is 785. The summed E-state index contributed by atoms with van der Waals surface area (Å²) >= 11 is 7.53. The summed E-state index contributed by atoms with van der Waals surface area (Å²) in [4.78, 5) is 16.3. The predicted octanol–water partition coefficient (Wildman–Crippen LogP) is 3.99. The number of nitrogens with zero attached hydrogens (tertiary/aromatic N) is 1. The molecule has 0 unspecified atom stereocenters. The summed E-state index contributed by atoms with van der Waals surface area (Å²) in [5.74, 6) is 0. The molecule has 0 atom stereocenters. The zero-order chi connectivity index (χ0) is 16.1. The maximum absolute atomic E-state index is 11.8. The van der Waals surface area contributed by atoms with E-state index in [0.717, 1.165) is 27.2 Å². The van der Waals surface area contributed by atoms with Crippen molar-refractivity contribution in [3.8, 4) is 0 Å². The van der Waals surface area contributed by atoms with Crippen LogP contribution in [-0.2, 0) is 13.0 Å². The fourth-order valence-electron chi connectivity index (χ4n) is 2.23. The van der Waals surface area contributed by atoms with Crippen molar-refractivity contribution < 1.29 is 4.79 Å². The zero-order valence-corrected chi connectivity index (χ0v) is 14.0. The molecule has 118 valence electrons. The summed E-state index contributed by atoms with van der Waals surface area (Å²) in [6.07, 6.45) is 0.745. The van der Waals surface area contributed by atoms with Crippen molar-refractivity contribution in [1.82, 2.24) is 15.6 Å². The zero-order valence-electron chi connectivity index (χ0n) is 12.4. The third-order valence-electron chi connectivity index (χ3n) is 3.33. The van der Waals surface area contributed by atoms with Gasteiger partial charge in [-0.05, 0) is 36.2 Å². The number of carbonyl (C=O) groups is 1. The minimum absolute atomic E-state index is 0.189. The van der Waals surface area contributed by atoms with E-state index in [1.807, 2.05) is 48.5 Å². The molecule has 3 rings (SSSR count). The number of fused-ring (bicyclic) bond motifs is 1. The first-order valence-electron chi connectivity index (χ1n) is 7.31. The number of amides is 2. The largest absolute Gasteiger partial charge is 0.338 e. The molecule has 1 heterocycles. The number of benzene rings is 2. The number of halogens is 1. The van der Waals surface area contributed by atoms with Gasteiger partial charge in [0.2, 0.25) is 0 Å². The van der Waals surface area contributed by atoms with Gasteiger partial charge in [-0.1, -0.05) is 35.9 Å². The molecule has 0 aliphatic rings. The number of urea groups is 1. The van der Waals surface area contributed by atoms with Gasteiger partial charge >= 0.3 is 6.03 Å². The third kappa shape index (κ3) is 4.43. The summed E-state index contributed by atoms with van der Waals surface area (Å²) in [7, 11) is 0. The summed E-state index contributed by atoms with van der Waals surface area (Å²) in [5.41, 5.74) is 2.07. The van der Waals surface area contributed by atoms with Gasteiger partial charge in [-0.3, -0.25) is 0 Å². The third-order valence-corrected chi connectivity index (χ3v) is 4.60. The van der Waals surface area contributed by atoms with E-state index >= 15 is 0 Å². The van der Waals surface area contributed by atoms with Gasteiger partial charge in [-0.2, -0.15) is 0 Å². The number of rotatable bonds is 5. The molecule has 0 saturated carbocycles. The van der Waals surface area contributed by atoms with Crippen molar-refractivity contribution in [3.63, 3.8) is 0 Å². The van der Waals surface area contributed by atoms with Crippen LogP contribution in [0.15, 0.2) is 48.5 Å². The number of nitrogens with one attached hydrogen (secondary N) is 2. The van der Waals surface area contributed by atoms with Crippen LogP contribution < -0.4 is 10.6 Å². The van der Waals surface area contributed by atoms with E-state index < -0.39 is 0 Å². The Labute approximate surface area is 143 Å².